The fourth-order valence-corrected chi connectivity index (χ4v) is 4.67. The molecule has 0 unspecified atom stereocenters. The van der Waals surface area contributed by atoms with Gasteiger partial charge >= 0.3 is 0 Å². The Morgan fingerprint density at radius 3 is 2.35 bits per heavy atom. The lowest BCUT2D eigenvalue weighted by molar-refractivity contribution is -0.384. The summed E-state index contributed by atoms with van der Waals surface area (Å²) in [5.74, 6) is -0.677. The van der Waals surface area contributed by atoms with Crippen LogP contribution < -0.4 is 9.73 Å². The molecule has 3 aromatic rings. The molecule has 0 spiro atoms. The Morgan fingerprint density at radius 2 is 1.74 bits per heavy atom. The molecular weight excluding hydrogens is 524 g/mol. The summed E-state index contributed by atoms with van der Waals surface area (Å²) in [6.45, 7) is 2.90. The number of nitrogens with zero attached hydrogens (tertiary/aromatic N) is 3. The molecular formula is C23H21BrN4O5S. The van der Waals surface area contributed by atoms with E-state index in [2.05, 4.69) is 26.5 Å². The van der Waals surface area contributed by atoms with Gasteiger partial charge in [0.2, 0.25) is 0 Å². The zero-order chi connectivity index (χ0) is 24.9. The Bertz CT molecular complexity index is 1340. The number of hydrazone groups is 1. The molecule has 11 heteroatoms. The maximum absolute atomic E-state index is 13.4. The number of nitrogens with one attached hydrogen (secondary N) is 1. The minimum absolute atomic E-state index is 0.0464. The molecule has 1 N–H and O–H groups in total. The second-order valence-electron chi connectivity index (χ2n) is 7.34. The van der Waals surface area contributed by atoms with E-state index >= 15 is 0 Å². The minimum Gasteiger partial charge on any atom is -0.271 e. The second-order valence-corrected chi connectivity index (χ2v) is 10.1. The van der Waals surface area contributed by atoms with Gasteiger partial charge in [0.15, 0.2) is 0 Å². The van der Waals surface area contributed by atoms with Crippen molar-refractivity contribution in [1.29, 1.82) is 0 Å². The lowest BCUT2D eigenvalue weighted by Crippen LogP contribution is -2.39. The molecule has 0 aliphatic heterocycles. The van der Waals surface area contributed by atoms with Crippen LogP contribution in [0.15, 0.2) is 87.3 Å². The number of rotatable bonds is 8. The lowest BCUT2D eigenvalue weighted by atomic mass is 10.1. The fourth-order valence-electron chi connectivity index (χ4n) is 2.98. The highest BCUT2D eigenvalue weighted by Crippen LogP contribution is 2.25. The van der Waals surface area contributed by atoms with Gasteiger partial charge in [0.05, 0.1) is 21.2 Å². The number of amides is 1. The summed E-state index contributed by atoms with van der Waals surface area (Å²) in [6, 6.07) is 18.7. The third-order valence-electron chi connectivity index (χ3n) is 4.83. The molecule has 0 aliphatic rings. The van der Waals surface area contributed by atoms with Crippen molar-refractivity contribution in [3.63, 3.8) is 0 Å². The van der Waals surface area contributed by atoms with Gasteiger partial charge in [0.1, 0.15) is 6.54 Å². The smallest absolute Gasteiger partial charge is 0.270 e. The molecule has 0 fully saturated rings. The van der Waals surface area contributed by atoms with Crippen molar-refractivity contribution in [2.45, 2.75) is 18.7 Å². The monoisotopic (exact) mass is 544 g/mol. The first kappa shape index (κ1) is 25.1. The number of carbonyl (C=O) groups is 1. The van der Waals surface area contributed by atoms with Crippen LogP contribution in [-0.2, 0) is 14.8 Å². The summed E-state index contributed by atoms with van der Waals surface area (Å²) in [4.78, 5) is 23.2. The summed E-state index contributed by atoms with van der Waals surface area (Å²) < 4.78 is 28.5. The van der Waals surface area contributed by atoms with Gasteiger partial charge in [-0.05, 0) is 50.2 Å². The normalized spacial score (nSPS) is 11.7. The number of sulfonamides is 1. The molecule has 0 heterocycles. The number of non-ortho nitro benzene ring substituents is 1. The molecule has 0 atom stereocenters. The fraction of sp³-hybridized carbons (Fsp3) is 0.130. The molecule has 3 aromatic carbocycles. The lowest BCUT2D eigenvalue weighted by Gasteiger charge is -2.24. The van der Waals surface area contributed by atoms with E-state index in [0.29, 0.717) is 17.0 Å². The number of nitro benzene ring substituents is 1. The number of nitro groups is 1. The van der Waals surface area contributed by atoms with Crippen LogP contribution in [0.4, 0.5) is 11.4 Å². The van der Waals surface area contributed by atoms with Gasteiger partial charge in [0, 0.05) is 22.2 Å². The molecule has 0 saturated carbocycles. The standard InChI is InChI=1S/C23H21BrN4O5S/c1-16-6-12-22(13-7-16)34(32,33)27(20-10-8-19(24)9-11-20)15-23(29)26-25-17(2)18-4-3-5-21(14-18)28(30)31/h3-14H,15H2,1-2H3,(H,26,29)/b25-17-. The zero-order valence-corrected chi connectivity index (χ0v) is 20.7. The van der Waals surface area contributed by atoms with E-state index in [1.807, 2.05) is 6.92 Å². The van der Waals surface area contributed by atoms with Crippen LogP contribution in [0.3, 0.4) is 0 Å². The third-order valence-corrected chi connectivity index (χ3v) is 7.15. The maximum atomic E-state index is 13.4. The molecule has 1 amide bonds. The molecule has 3 rings (SSSR count). The number of aryl methyl sites for hydroxylation is 1. The van der Waals surface area contributed by atoms with Crippen LogP contribution in [0.2, 0.25) is 0 Å². The van der Waals surface area contributed by atoms with E-state index in [4.69, 9.17) is 0 Å². The number of anilines is 1. The molecule has 176 valence electrons. The van der Waals surface area contributed by atoms with Crippen molar-refractivity contribution in [2.75, 3.05) is 10.8 Å². The zero-order valence-electron chi connectivity index (χ0n) is 18.3. The Balaban J connectivity index is 1.86. The molecule has 34 heavy (non-hydrogen) atoms. The maximum Gasteiger partial charge on any atom is 0.270 e. The molecule has 0 saturated heterocycles. The summed E-state index contributed by atoms with van der Waals surface area (Å²) in [7, 11) is -4.05. The quantitative estimate of drug-likeness (QED) is 0.256. The molecule has 0 aromatic heterocycles. The number of carbonyl (C=O) groups excluding carboxylic acids is 1. The van der Waals surface area contributed by atoms with E-state index in [0.717, 1.165) is 14.3 Å². The van der Waals surface area contributed by atoms with E-state index in [9.17, 15) is 23.3 Å². The molecule has 0 radical (unpaired) electrons. The second kappa shape index (κ2) is 10.6. The summed E-state index contributed by atoms with van der Waals surface area (Å²) in [5.41, 5.74) is 4.21. The first-order valence-corrected chi connectivity index (χ1v) is 12.2. The predicted molar refractivity (Wildman–Crippen MR) is 133 cm³/mol. The van der Waals surface area contributed by atoms with E-state index in [1.54, 1.807) is 49.4 Å². The average Bonchev–Trinajstić information content (AvgIpc) is 2.82. The van der Waals surface area contributed by atoms with Gasteiger partial charge in [-0.3, -0.25) is 19.2 Å². The number of halogens is 1. The Morgan fingerprint density at radius 1 is 1.09 bits per heavy atom. The van der Waals surface area contributed by atoms with Crippen molar-refractivity contribution < 1.29 is 18.1 Å². The highest BCUT2D eigenvalue weighted by molar-refractivity contribution is 9.10. The number of hydrogen-bond acceptors (Lipinski definition) is 6. The first-order chi connectivity index (χ1) is 16.1. The Hall–Kier alpha value is -3.57. The van der Waals surface area contributed by atoms with Crippen LogP contribution in [0.25, 0.3) is 0 Å². The molecule has 0 bridgehead atoms. The highest BCUT2D eigenvalue weighted by atomic mass is 79.9. The van der Waals surface area contributed by atoms with Crippen molar-refractivity contribution in [1.82, 2.24) is 5.43 Å². The minimum atomic E-state index is -4.05. The summed E-state index contributed by atoms with van der Waals surface area (Å²) >= 11 is 3.32. The van der Waals surface area contributed by atoms with Gasteiger partial charge in [-0.15, -0.1) is 0 Å². The van der Waals surface area contributed by atoms with Crippen molar-refractivity contribution in [3.8, 4) is 0 Å². The van der Waals surface area contributed by atoms with Gasteiger partial charge in [-0.25, -0.2) is 13.8 Å². The predicted octanol–water partition coefficient (Wildman–Crippen LogP) is 4.40. The highest BCUT2D eigenvalue weighted by Gasteiger charge is 2.27. The van der Waals surface area contributed by atoms with Crippen LogP contribution in [0, 0.1) is 17.0 Å². The largest absolute Gasteiger partial charge is 0.271 e. The van der Waals surface area contributed by atoms with Crippen molar-refractivity contribution in [3.05, 3.63) is 98.5 Å². The first-order valence-electron chi connectivity index (χ1n) is 10.0. The van der Waals surface area contributed by atoms with E-state index in [-0.39, 0.29) is 10.6 Å². The van der Waals surface area contributed by atoms with Crippen molar-refractivity contribution in [2.24, 2.45) is 5.10 Å². The number of hydrogen-bond donors (Lipinski definition) is 1. The Labute approximate surface area is 205 Å². The van der Waals surface area contributed by atoms with Gasteiger partial charge in [-0.2, -0.15) is 5.10 Å². The van der Waals surface area contributed by atoms with Crippen LogP contribution >= 0.6 is 15.9 Å². The average molecular weight is 545 g/mol. The summed E-state index contributed by atoms with van der Waals surface area (Å²) in [6.07, 6.45) is 0. The van der Waals surface area contributed by atoms with Gasteiger partial charge in [-0.1, -0.05) is 45.8 Å². The Kier molecular flexibility index (Phi) is 7.79. The topological polar surface area (TPSA) is 122 Å². The van der Waals surface area contributed by atoms with Crippen molar-refractivity contribution >= 4 is 48.9 Å². The van der Waals surface area contributed by atoms with E-state index in [1.165, 1.54) is 30.3 Å². The van der Waals surface area contributed by atoms with Gasteiger partial charge < -0.3 is 0 Å². The van der Waals surface area contributed by atoms with Crippen LogP contribution in [-0.4, -0.2) is 31.5 Å². The van der Waals surface area contributed by atoms with Crippen LogP contribution in [0.5, 0.6) is 0 Å². The van der Waals surface area contributed by atoms with E-state index < -0.39 is 27.4 Å². The third kappa shape index (κ3) is 6.06. The van der Waals surface area contributed by atoms with Gasteiger partial charge in [0.25, 0.3) is 21.6 Å². The summed E-state index contributed by atoms with van der Waals surface area (Å²) in [5, 5.41) is 15.0. The molecule has 0 aliphatic carbocycles. The number of benzene rings is 3. The van der Waals surface area contributed by atoms with Crippen LogP contribution in [0.1, 0.15) is 18.1 Å². The molecule has 9 nitrogen and oxygen atoms in total. The SMILES string of the molecule is C/C(=N/NC(=O)CN(c1ccc(Br)cc1)S(=O)(=O)c1ccc(C)cc1)c1cccc([N+](=O)[O-])c1.